The molecule has 0 spiro atoms. The molecular formula is C19H21Cl2N3O2S. The Kier molecular flexibility index (Phi) is 6.08. The van der Waals surface area contributed by atoms with Crippen molar-refractivity contribution in [2.24, 2.45) is 0 Å². The van der Waals surface area contributed by atoms with E-state index in [0.717, 1.165) is 35.3 Å². The van der Waals surface area contributed by atoms with Gasteiger partial charge in [-0.2, -0.15) is 0 Å². The Morgan fingerprint density at radius 3 is 2.67 bits per heavy atom. The Morgan fingerprint density at radius 1 is 1.19 bits per heavy atom. The molecule has 5 nitrogen and oxygen atoms in total. The predicted molar refractivity (Wildman–Crippen MR) is 109 cm³/mol. The highest BCUT2D eigenvalue weighted by atomic mass is 35.5. The maximum Gasteiger partial charge on any atom is 0.179 e. The highest BCUT2D eigenvalue weighted by Crippen LogP contribution is 2.27. The molecule has 1 aromatic carbocycles. The van der Waals surface area contributed by atoms with Crippen molar-refractivity contribution in [3.8, 4) is 0 Å². The number of sulfone groups is 1. The summed E-state index contributed by atoms with van der Waals surface area (Å²) in [6.45, 7) is 4.66. The first kappa shape index (κ1) is 20.1. The van der Waals surface area contributed by atoms with E-state index in [9.17, 15) is 8.42 Å². The van der Waals surface area contributed by atoms with Crippen molar-refractivity contribution in [2.75, 3.05) is 5.75 Å². The van der Waals surface area contributed by atoms with Gasteiger partial charge in [-0.1, -0.05) is 30.1 Å². The third-order valence-corrected chi connectivity index (χ3v) is 6.92. The minimum absolute atomic E-state index is 0.00369. The molecule has 0 saturated carbocycles. The lowest BCUT2D eigenvalue weighted by Gasteiger charge is -2.11. The van der Waals surface area contributed by atoms with E-state index in [2.05, 4.69) is 21.5 Å². The summed E-state index contributed by atoms with van der Waals surface area (Å²) in [6.07, 6.45) is 5.83. The maximum atomic E-state index is 12.7. The molecule has 2 aromatic heterocycles. The van der Waals surface area contributed by atoms with Gasteiger partial charge in [0.15, 0.2) is 9.84 Å². The molecule has 0 aliphatic heterocycles. The zero-order valence-corrected chi connectivity index (χ0v) is 17.6. The molecule has 3 rings (SSSR count). The van der Waals surface area contributed by atoms with Crippen LogP contribution in [0.2, 0.25) is 10.0 Å². The van der Waals surface area contributed by atoms with Gasteiger partial charge in [-0.3, -0.25) is 4.98 Å². The Morgan fingerprint density at radius 2 is 1.96 bits per heavy atom. The monoisotopic (exact) mass is 425 g/mol. The van der Waals surface area contributed by atoms with Crippen LogP contribution in [-0.2, 0) is 22.8 Å². The third kappa shape index (κ3) is 4.28. The molecular weight excluding hydrogens is 405 g/mol. The van der Waals surface area contributed by atoms with Crippen LogP contribution in [-0.4, -0.2) is 28.7 Å². The molecule has 0 aliphatic rings. The average molecular weight is 426 g/mol. The SMILES string of the molecule is CCCc1nc2cncc(C)c2n1CCCS(=O)(=O)c1ccc(Cl)cc1Cl. The molecule has 8 heteroatoms. The minimum atomic E-state index is -3.49. The van der Waals surface area contributed by atoms with Gasteiger partial charge < -0.3 is 4.57 Å². The van der Waals surface area contributed by atoms with Crippen molar-refractivity contribution in [3.63, 3.8) is 0 Å². The van der Waals surface area contributed by atoms with Crippen LogP contribution >= 0.6 is 23.2 Å². The Labute approximate surface area is 169 Å². The van der Waals surface area contributed by atoms with Crippen LogP contribution in [0, 0.1) is 6.92 Å². The maximum absolute atomic E-state index is 12.7. The number of fused-ring (bicyclic) bond motifs is 1. The summed E-state index contributed by atoms with van der Waals surface area (Å²) in [5, 5.41) is 0.571. The van der Waals surface area contributed by atoms with Gasteiger partial charge in [0, 0.05) is 24.2 Å². The van der Waals surface area contributed by atoms with Crippen LogP contribution in [0.1, 0.15) is 31.2 Å². The quantitative estimate of drug-likeness (QED) is 0.541. The van der Waals surface area contributed by atoms with E-state index >= 15 is 0 Å². The lowest BCUT2D eigenvalue weighted by atomic mass is 10.2. The van der Waals surface area contributed by atoms with Gasteiger partial charge in [0.2, 0.25) is 0 Å². The van der Waals surface area contributed by atoms with Gasteiger partial charge in [0.05, 0.1) is 27.4 Å². The summed E-state index contributed by atoms with van der Waals surface area (Å²) in [5.74, 6) is 0.967. The van der Waals surface area contributed by atoms with E-state index in [1.807, 2.05) is 6.92 Å². The van der Waals surface area contributed by atoms with Gasteiger partial charge in [0.1, 0.15) is 11.3 Å². The summed E-state index contributed by atoms with van der Waals surface area (Å²) in [7, 11) is -3.49. The van der Waals surface area contributed by atoms with Gasteiger partial charge in [0.25, 0.3) is 0 Å². The molecule has 0 radical (unpaired) electrons. The van der Waals surface area contributed by atoms with Crippen LogP contribution in [0.4, 0.5) is 0 Å². The first-order valence-corrected chi connectivity index (χ1v) is 11.2. The molecule has 0 N–H and O–H groups in total. The van der Waals surface area contributed by atoms with E-state index in [0.29, 0.717) is 18.0 Å². The lowest BCUT2D eigenvalue weighted by molar-refractivity contribution is 0.584. The molecule has 144 valence electrons. The summed E-state index contributed by atoms with van der Waals surface area (Å²) < 4.78 is 27.5. The standard InChI is InChI=1S/C19H21Cl2N3O2S/c1-3-5-18-23-16-12-22-11-13(2)19(16)24(18)8-4-9-27(25,26)17-7-6-14(20)10-15(17)21/h6-7,10-12H,3-5,8-9H2,1-2H3. The summed E-state index contributed by atoms with van der Waals surface area (Å²) in [5.41, 5.74) is 2.91. The Hall–Kier alpha value is -1.63. The molecule has 0 bridgehead atoms. The predicted octanol–water partition coefficient (Wildman–Crippen LogP) is 4.86. The topological polar surface area (TPSA) is 64.8 Å². The molecule has 2 heterocycles. The number of aryl methyl sites for hydroxylation is 3. The molecule has 0 amide bonds. The second kappa shape index (κ2) is 8.17. The number of nitrogens with zero attached hydrogens (tertiary/aromatic N) is 3. The van der Waals surface area contributed by atoms with Gasteiger partial charge in [-0.15, -0.1) is 0 Å². The van der Waals surface area contributed by atoms with Crippen LogP contribution in [0.15, 0.2) is 35.5 Å². The molecule has 0 fully saturated rings. The first-order valence-electron chi connectivity index (χ1n) is 8.81. The average Bonchev–Trinajstić information content (AvgIpc) is 2.93. The molecule has 0 aliphatic carbocycles. The summed E-state index contributed by atoms with van der Waals surface area (Å²) in [6, 6.07) is 4.46. The Bertz CT molecular complexity index is 1080. The smallest absolute Gasteiger partial charge is 0.179 e. The lowest BCUT2D eigenvalue weighted by Crippen LogP contribution is -2.12. The second-order valence-corrected chi connectivity index (χ2v) is 9.42. The summed E-state index contributed by atoms with van der Waals surface area (Å²) >= 11 is 11.9. The van der Waals surface area contributed by atoms with Crippen molar-refractivity contribution in [2.45, 2.75) is 44.6 Å². The fourth-order valence-corrected chi connectivity index (χ4v) is 5.33. The van der Waals surface area contributed by atoms with E-state index < -0.39 is 9.84 Å². The molecule has 0 unspecified atom stereocenters. The van der Waals surface area contributed by atoms with Gasteiger partial charge >= 0.3 is 0 Å². The number of imidazole rings is 1. The van der Waals surface area contributed by atoms with Crippen molar-refractivity contribution in [1.82, 2.24) is 14.5 Å². The largest absolute Gasteiger partial charge is 0.328 e. The third-order valence-electron chi connectivity index (χ3n) is 4.41. The molecule has 3 aromatic rings. The molecule has 0 saturated heterocycles. The Balaban J connectivity index is 1.83. The highest BCUT2D eigenvalue weighted by Gasteiger charge is 2.19. The number of pyridine rings is 1. The number of rotatable bonds is 7. The van der Waals surface area contributed by atoms with Crippen LogP contribution in [0.3, 0.4) is 0 Å². The summed E-state index contributed by atoms with van der Waals surface area (Å²) in [4.78, 5) is 9.00. The fraction of sp³-hybridized carbons (Fsp3) is 0.368. The zero-order valence-electron chi connectivity index (χ0n) is 15.2. The van der Waals surface area contributed by atoms with Crippen molar-refractivity contribution in [1.29, 1.82) is 0 Å². The first-order chi connectivity index (χ1) is 12.8. The number of hydrogen-bond acceptors (Lipinski definition) is 4. The number of aromatic nitrogens is 3. The van der Waals surface area contributed by atoms with Crippen molar-refractivity contribution >= 4 is 44.1 Å². The van der Waals surface area contributed by atoms with E-state index in [1.165, 1.54) is 12.1 Å². The minimum Gasteiger partial charge on any atom is -0.328 e. The number of hydrogen-bond donors (Lipinski definition) is 0. The van der Waals surface area contributed by atoms with Gasteiger partial charge in [-0.05, 0) is 43.5 Å². The normalized spacial score (nSPS) is 12.0. The van der Waals surface area contributed by atoms with E-state index in [4.69, 9.17) is 23.2 Å². The van der Waals surface area contributed by atoms with Crippen LogP contribution < -0.4 is 0 Å². The number of benzene rings is 1. The fourth-order valence-electron chi connectivity index (χ4n) is 3.21. The number of halogens is 2. The van der Waals surface area contributed by atoms with E-state index in [-0.39, 0.29) is 15.7 Å². The zero-order chi connectivity index (χ0) is 19.6. The van der Waals surface area contributed by atoms with Gasteiger partial charge in [-0.25, -0.2) is 13.4 Å². The van der Waals surface area contributed by atoms with Crippen molar-refractivity contribution in [3.05, 3.63) is 52.0 Å². The molecule has 27 heavy (non-hydrogen) atoms. The van der Waals surface area contributed by atoms with E-state index in [1.54, 1.807) is 18.5 Å². The second-order valence-electron chi connectivity index (χ2n) is 6.50. The van der Waals surface area contributed by atoms with Crippen LogP contribution in [0.5, 0.6) is 0 Å². The van der Waals surface area contributed by atoms with Crippen LogP contribution in [0.25, 0.3) is 11.0 Å². The highest BCUT2D eigenvalue weighted by molar-refractivity contribution is 7.91. The van der Waals surface area contributed by atoms with Crippen molar-refractivity contribution < 1.29 is 8.42 Å². The molecule has 0 atom stereocenters.